The van der Waals surface area contributed by atoms with E-state index in [4.69, 9.17) is 11.6 Å². The van der Waals surface area contributed by atoms with Crippen LogP contribution in [-0.4, -0.2) is 35.3 Å². The molecule has 0 aliphatic rings. The summed E-state index contributed by atoms with van der Waals surface area (Å²) in [6.45, 7) is 5.20. The molecule has 8 heteroatoms. The van der Waals surface area contributed by atoms with Crippen molar-refractivity contribution in [3.05, 3.63) is 82.6 Å². The molecule has 0 unspecified atom stereocenters. The maximum atomic E-state index is 13.6. The first-order valence-electron chi connectivity index (χ1n) is 10.1. The molecule has 1 atom stereocenters. The standard InChI is InChI=1S/C24H25ClN2O4S/c1-16-15-26-12-10-21(16)20-7-4-6-19(14-20)18(3)27(13-11-24(28)29)32(30,31)23-9-5-8-22(25)17(23)2/h4-10,12,14-15,18H,11,13H2,1-3H3,(H,28,29)/t18-/m0/s1. The molecule has 0 saturated carbocycles. The van der Waals surface area contributed by atoms with Gasteiger partial charge in [-0.1, -0.05) is 35.9 Å². The minimum absolute atomic E-state index is 0.0726. The van der Waals surface area contributed by atoms with E-state index in [1.165, 1.54) is 10.4 Å². The quantitative estimate of drug-likeness (QED) is 0.484. The SMILES string of the molecule is Cc1cnccc1-c1cccc([C@H](C)N(CCC(=O)O)S(=O)(=O)c2cccc(Cl)c2C)c1. The first kappa shape index (κ1) is 23.9. The average Bonchev–Trinajstić information content (AvgIpc) is 2.75. The topological polar surface area (TPSA) is 87.6 Å². The van der Waals surface area contributed by atoms with Crippen molar-refractivity contribution in [2.75, 3.05) is 6.54 Å². The van der Waals surface area contributed by atoms with Crippen molar-refractivity contribution in [3.8, 4) is 11.1 Å². The molecule has 0 aliphatic heterocycles. The lowest BCUT2D eigenvalue weighted by Crippen LogP contribution is -2.35. The predicted molar refractivity (Wildman–Crippen MR) is 125 cm³/mol. The molecule has 0 bridgehead atoms. The van der Waals surface area contributed by atoms with Crippen LogP contribution in [0.1, 0.15) is 36.1 Å². The monoisotopic (exact) mass is 472 g/mol. The Morgan fingerprint density at radius 1 is 1.16 bits per heavy atom. The van der Waals surface area contributed by atoms with Gasteiger partial charge in [-0.05, 0) is 72.9 Å². The van der Waals surface area contributed by atoms with E-state index >= 15 is 0 Å². The van der Waals surface area contributed by atoms with E-state index in [1.54, 1.807) is 38.4 Å². The fourth-order valence-electron chi connectivity index (χ4n) is 3.65. The molecule has 0 fully saturated rings. The van der Waals surface area contributed by atoms with E-state index in [2.05, 4.69) is 4.98 Å². The van der Waals surface area contributed by atoms with Gasteiger partial charge in [0.15, 0.2) is 0 Å². The lowest BCUT2D eigenvalue weighted by molar-refractivity contribution is -0.137. The van der Waals surface area contributed by atoms with Gasteiger partial charge in [0.1, 0.15) is 0 Å². The number of carbonyl (C=O) groups is 1. The number of hydrogen-bond donors (Lipinski definition) is 1. The van der Waals surface area contributed by atoms with Crippen LogP contribution in [0.5, 0.6) is 0 Å². The Kier molecular flexibility index (Phi) is 7.33. The van der Waals surface area contributed by atoms with Gasteiger partial charge in [0.2, 0.25) is 10.0 Å². The van der Waals surface area contributed by atoms with E-state index in [0.717, 1.165) is 22.3 Å². The Balaban J connectivity index is 2.07. The smallest absolute Gasteiger partial charge is 0.304 e. The number of aromatic nitrogens is 1. The van der Waals surface area contributed by atoms with Gasteiger partial charge in [-0.15, -0.1) is 0 Å². The number of carboxylic acid groups (broad SMARTS) is 1. The molecule has 1 N–H and O–H groups in total. The second-order valence-electron chi connectivity index (χ2n) is 7.61. The number of pyridine rings is 1. The van der Waals surface area contributed by atoms with Gasteiger partial charge in [-0.25, -0.2) is 8.42 Å². The minimum atomic E-state index is -4.01. The molecule has 3 aromatic rings. The average molecular weight is 473 g/mol. The van der Waals surface area contributed by atoms with E-state index in [0.29, 0.717) is 10.6 Å². The van der Waals surface area contributed by atoms with Gasteiger partial charge in [0, 0.05) is 30.0 Å². The number of aliphatic carboxylic acids is 1. The number of hydrogen-bond acceptors (Lipinski definition) is 4. The van der Waals surface area contributed by atoms with Crippen molar-refractivity contribution in [3.63, 3.8) is 0 Å². The molecular weight excluding hydrogens is 448 g/mol. The van der Waals surface area contributed by atoms with Crippen molar-refractivity contribution in [2.45, 2.75) is 38.1 Å². The fourth-order valence-corrected chi connectivity index (χ4v) is 5.75. The molecule has 3 rings (SSSR count). The Bertz CT molecular complexity index is 1240. The van der Waals surface area contributed by atoms with Crippen LogP contribution >= 0.6 is 11.6 Å². The highest BCUT2D eigenvalue weighted by Crippen LogP contribution is 2.33. The lowest BCUT2D eigenvalue weighted by atomic mass is 9.98. The van der Waals surface area contributed by atoms with Crippen molar-refractivity contribution in [1.29, 1.82) is 0 Å². The largest absolute Gasteiger partial charge is 0.481 e. The first-order valence-corrected chi connectivity index (χ1v) is 11.9. The van der Waals surface area contributed by atoms with E-state index in [-0.39, 0.29) is 17.9 Å². The number of carboxylic acids is 1. The highest BCUT2D eigenvalue weighted by atomic mass is 35.5. The van der Waals surface area contributed by atoms with E-state index in [1.807, 2.05) is 37.3 Å². The van der Waals surface area contributed by atoms with Crippen molar-refractivity contribution in [2.24, 2.45) is 0 Å². The predicted octanol–water partition coefficient (Wildman–Crippen LogP) is 5.25. The third-order valence-electron chi connectivity index (χ3n) is 5.48. The molecule has 0 amide bonds. The van der Waals surface area contributed by atoms with Crippen LogP contribution in [0, 0.1) is 13.8 Å². The zero-order chi connectivity index (χ0) is 23.5. The Labute approximate surface area is 193 Å². The van der Waals surface area contributed by atoms with Gasteiger partial charge in [0.25, 0.3) is 0 Å². The van der Waals surface area contributed by atoms with Crippen molar-refractivity contribution in [1.82, 2.24) is 9.29 Å². The molecule has 0 spiro atoms. The maximum absolute atomic E-state index is 13.6. The molecule has 168 valence electrons. The fraction of sp³-hybridized carbons (Fsp3) is 0.250. The minimum Gasteiger partial charge on any atom is -0.481 e. The number of rotatable bonds is 8. The number of sulfonamides is 1. The summed E-state index contributed by atoms with van der Waals surface area (Å²) in [5.41, 5.74) is 4.13. The summed E-state index contributed by atoms with van der Waals surface area (Å²) < 4.78 is 28.5. The molecule has 1 heterocycles. The highest BCUT2D eigenvalue weighted by Gasteiger charge is 2.32. The van der Waals surface area contributed by atoms with Gasteiger partial charge in [-0.3, -0.25) is 9.78 Å². The molecule has 32 heavy (non-hydrogen) atoms. The Morgan fingerprint density at radius 3 is 2.56 bits per heavy atom. The molecule has 2 aromatic carbocycles. The number of benzene rings is 2. The summed E-state index contributed by atoms with van der Waals surface area (Å²) >= 11 is 6.17. The van der Waals surface area contributed by atoms with Crippen LogP contribution in [0.15, 0.2) is 65.8 Å². The van der Waals surface area contributed by atoms with Gasteiger partial charge in [0.05, 0.1) is 11.3 Å². The van der Waals surface area contributed by atoms with Crippen LogP contribution in [-0.2, 0) is 14.8 Å². The highest BCUT2D eigenvalue weighted by molar-refractivity contribution is 7.89. The van der Waals surface area contributed by atoms with Crippen LogP contribution in [0.4, 0.5) is 0 Å². The first-order chi connectivity index (χ1) is 15.1. The molecule has 6 nitrogen and oxygen atoms in total. The molecule has 0 saturated heterocycles. The van der Waals surface area contributed by atoms with Crippen LogP contribution in [0.2, 0.25) is 5.02 Å². The second-order valence-corrected chi connectivity index (χ2v) is 9.88. The molecular formula is C24H25ClN2O4S. The Morgan fingerprint density at radius 2 is 1.88 bits per heavy atom. The summed E-state index contributed by atoms with van der Waals surface area (Å²) in [6.07, 6.45) is 3.17. The summed E-state index contributed by atoms with van der Waals surface area (Å²) in [5.74, 6) is -1.07. The normalized spacial score (nSPS) is 12.7. The van der Waals surface area contributed by atoms with Crippen LogP contribution in [0.3, 0.4) is 0 Å². The van der Waals surface area contributed by atoms with Crippen molar-refractivity contribution < 1.29 is 18.3 Å². The third-order valence-corrected chi connectivity index (χ3v) is 8.01. The summed E-state index contributed by atoms with van der Waals surface area (Å²) in [7, 11) is -4.01. The number of nitrogens with zero attached hydrogens (tertiary/aromatic N) is 2. The number of halogens is 1. The molecule has 1 aromatic heterocycles. The summed E-state index contributed by atoms with van der Waals surface area (Å²) in [4.78, 5) is 15.5. The molecule has 0 aliphatic carbocycles. The Hall–Kier alpha value is -2.74. The van der Waals surface area contributed by atoms with Crippen LogP contribution < -0.4 is 0 Å². The molecule has 0 radical (unpaired) electrons. The van der Waals surface area contributed by atoms with Gasteiger partial charge < -0.3 is 5.11 Å². The van der Waals surface area contributed by atoms with Gasteiger partial charge in [-0.2, -0.15) is 4.31 Å². The summed E-state index contributed by atoms with van der Waals surface area (Å²) in [5, 5.41) is 9.56. The van der Waals surface area contributed by atoms with E-state index in [9.17, 15) is 18.3 Å². The summed E-state index contributed by atoms with van der Waals surface area (Å²) in [6, 6.07) is 13.6. The number of aryl methyl sites for hydroxylation is 1. The maximum Gasteiger partial charge on any atom is 0.304 e. The zero-order valence-corrected chi connectivity index (χ0v) is 19.7. The van der Waals surface area contributed by atoms with Gasteiger partial charge >= 0.3 is 5.97 Å². The van der Waals surface area contributed by atoms with Crippen LogP contribution in [0.25, 0.3) is 11.1 Å². The third kappa shape index (κ3) is 5.01. The second kappa shape index (κ2) is 9.81. The lowest BCUT2D eigenvalue weighted by Gasteiger charge is -2.29. The van der Waals surface area contributed by atoms with E-state index < -0.39 is 22.0 Å². The zero-order valence-electron chi connectivity index (χ0n) is 18.1. The van der Waals surface area contributed by atoms with Crippen molar-refractivity contribution >= 4 is 27.6 Å².